The molecule has 0 amide bonds. The van der Waals surface area contributed by atoms with Crippen LogP contribution in [0.2, 0.25) is 0 Å². The zero-order valence-electron chi connectivity index (χ0n) is 10.1. The van der Waals surface area contributed by atoms with Crippen LogP contribution in [0, 0.1) is 6.92 Å². The van der Waals surface area contributed by atoms with Crippen LogP contribution < -0.4 is 0 Å². The fourth-order valence-electron chi connectivity index (χ4n) is 1.82. The van der Waals surface area contributed by atoms with E-state index in [2.05, 4.69) is 10.3 Å². The second-order valence-corrected chi connectivity index (χ2v) is 4.12. The van der Waals surface area contributed by atoms with Gasteiger partial charge < -0.3 is 5.11 Å². The molecule has 0 saturated heterocycles. The Morgan fingerprint density at radius 2 is 1.95 bits per heavy atom. The van der Waals surface area contributed by atoms with E-state index in [9.17, 15) is 13.2 Å². The predicted molar refractivity (Wildman–Crippen MR) is 61.2 cm³/mol. The van der Waals surface area contributed by atoms with E-state index in [1.165, 1.54) is 0 Å². The molecule has 19 heavy (non-hydrogen) atoms. The van der Waals surface area contributed by atoms with Gasteiger partial charge >= 0.3 is 6.18 Å². The molecule has 0 aliphatic carbocycles. The molecule has 0 unspecified atom stereocenters. The Morgan fingerprint density at radius 1 is 1.26 bits per heavy atom. The Balaban J connectivity index is 2.42. The van der Waals surface area contributed by atoms with Gasteiger partial charge in [-0.1, -0.05) is 29.5 Å². The van der Waals surface area contributed by atoms with Crippen LogP contribution in [-0.2, 0) is 19.3 Å². The number of hydrogen-bond acceptors (Lipinski definition) is 3. The van der Waals surface area contributed by atoms with E-state index in [-0.39, 0.29) is 6.54 Å². The summed E-state index contributed by atoms with van der Waals surface area (Å²) < 4.78 is 39.5. The molecule has 0 spiro atoms. The van der Waals surface area contributed by atoms with Crippen LogP contribution in [0.15, 0.2) is 24.3 Å². The minimum atomic E-state index is -4.59. The summed E-state index contributed by atoms with van der Waals surface area (Å²) in [4.78, 5) is 0. The Labute approximate surface area is 107 Å². The van der Waals surface area contributed by atoms with Crippen LogP contribution in [0.4, 0.5) is 13.2 Å². The second kappa shape index (κ2) is 5.00. The highest BCUT2D eigenvalue weighted by Gasteiger charge is 2.39. The summed E-state index contributed by atoms with van der Waals surface area (Å²) >= 11 is 0. The maximum absolute atomic E-state index is 12.9. The van der Waals surface area contributed by atoms with Crippen LogP contribution in [0.1, 0.15) is 22.5 Å². The van der Waals surface area contributed by atoms with Gasteiger partial charge in [0.2, 0.25) is 0 Å². The molecule has 102 valence electrons. The number of halogens is 3. The average Bonchev–Trinajstić information content (AvgIpc) is 2.75. The number of aromatic nitrogens is 3. The molecule has 2 rings (SSSR count). The number of rotatable bonds is 3. The lowest BCUT2D eigenvalue weighted by Gasteiger charge is -2.11. The summed E-state index contributed by atoms with van der Waals surface area (Å²) in [5.74, 6) is 0. The molecule has 0 aliphatic rings. The molecule has 0 aliphatic heterocycles. The van der Waals surface area contributed by atoms with Crippen LogP contribution in [0.3, 0.4) is 0 Å². The smallest absolute Gasteiger partial charge is 0.390 e. The van der Waals surface area contributed by atoms with Gasteiger partial charge in [0, 0.05) is 0 Å². The van der Waals surface area contributed by atoms with Crippen molar-refractivity contribution in [1.29, 1.82) is 0 Å². The molecule has 1 heterocycles. The molecule has 7 heteroatoms. The maximum Gasteiger partial charge on any atom is 0.435 e. The number of hydrogen-bond donors (Lipinski definition) is 1. The average molecular weight is 271 g/mol. The van der Waals surface area contributed by atoms with Crippen molar-refractivity contribution in [2.75, 3.05) is 0 Å². The number of alkyl halides is 3. The van der Waals surface area contributed by atoms with E-state index in [0.717, 1.165) is 15.8 Å². The Morgan fingerprint density at radius 3 is 2.53 bits per heavy atom. The number of benzene rings is 1. The molecule has 0 atom stereocenters. The maximum atomic E-state index is 12.9. The molecular formula is C12H12F3N3O. The van der Waals surface area contributed by atoms with Crippen LogP contribution in [0.25, 0.3) is 0 Å². The fourth-order valence-corrected chi connectivity index (χ4v) is 1.82. The summed E-state index contributed by atoms with van der Waals surface area (Å²) in [5.41, 5.74) is 0.137. The molecule has 1 aromatic heterocycles. The van der Waals surface area contributed by atoms with Crippen molar-refractivity contribution in [2.45, 2.75) is 26.3 Å². The van der Waals surface area contributed by atoms with Gasteiger partial charge in [0.1, 0.15) is 5.69 Å². The normalized spacial score (nSPS) is 11.8. The molecule has 0 saturated carbocycles. The van der Waals surface area contributed by atoms with Crippen molar-refractivity contribution >= 4 is 0 Å². The van der Waals surface area contributed by atoms with Gasteiger partial charge in [-0.2, -0.15) is 13.2 Å². The highest BCUT2D eigenvalue weighted by atomic mass is 19.4. The van der Waals surface area contributed by atoms with Crippen LogP contribution >= 0.6 is 0 Å². The van der Waals surface area contributed by atoms with E-state index in [0.29, 0.717) is 0 Å². The van der Waals surface area contributed by atoms with Crippen molar-refractivity contribution in [3.05, 3.63) is 46.8 Å². The number of aryl methyl sites for hydroxylation is 1. The summed E-state index contributed by atoms with van der Waals surface area (Å²) in [7, 11) is 0. The first-order valence-electron chi connectivity index (χ1n) is 5.58. The molecule has 0 radical (unpaired) electrons. The Kier molecular flexibility index (Phi) is 3.57. The van der Waals surface area contributed by atoms with E-state index in [1.54, 1.807) is 12.1 Å². The van der Waals surface area contributed by atoms with Gasteiger partial charge in [-0.15, -0.1) is 5.10 Å². The first-order chi connectivity index (χ1) is 8.93. The molecular weight excluding hydrogens is 259 g/mol. The van der Waals surface area contributed by atoms with Crippen LogP contribution in [0.5, 0.6) is 0 Å². The Hall–Kier alpha value is -1.89. The summed E-state index contributed by atoms with van der Waals surface area (Å²) in [6.07, 6.45) is -4.59. The van der Waals surface area contributed by atoms with Crippen LogP contribution in [-0.4, -0.2) is 20.1 Å². The fraction of sp³-hybridized carbons (Fsp3) is 0.333. The third-order valence-electron chi connectivity index (χ3n) is 2.80. The molecule has 1 aromatic carbocycles. The van der Waals surface area contributed by atoms with Crippen molar-refractivity contribution in [3.8, 4) is 0 Å². The van der Waals surface area contributed by atoms with E-state index >= 15 is 0 Å². The van der Waals surface area contributed by atoms with Crippen molar-refractivity contribution < 1.29 is 18.3 Å². The second-order valence-electron chi connectivity index (χ2n) is 4.12. The van der Waals surface area contributed by atoms with Crippen molar-refractivity contribution in [3.63, 3.8) is 0 Å². The molecule has 4 nitrogen and oxygen atoms in total. The van der Waals surface area contributed by atoms with Gasteiger partial charge in [0.25, 0.3) is 0 Å². The van der Waals surface area contributed by atoms with Gasteiger partial charge in [0.05, 0.1) is 13.2 Å². The molecule has 2 aromatic rings. The van der Waals surface area contributed by atoms with Gasteiger partial charge in [0.15, 0.2) is 5.69 Å². The van der Waals surface area contributed by atoms with E-state index in [4.69, 9.17) is 5.11 Å². The zero-order chi connectivity index (χ0) is 14.0. The number of aliphatic hydroxyl groups excluding tert-OH is 1. The first-order valence-corrected chi connectivity index (χ1v) is 5.58. The lowest BCUT2D eigenvalue weighted by Crippen LogP contribution is -2.17. The quantitative estimate of drug-likeness (QED) is 0.930. The molecule has 0 bridgehead atoms. The molecule has 1 N–H and O–H groups in total. The highest BCUT2D eigenvalue weighted by molar-refractivity contribution is 5.26. The minimum Gasteiger partial charge on any atom is -0.390 e. The predicted octanol–water partition coefficient (Wildman–Crippen LogP) is 2.15. The topological polar surface area (TPSA) is 50.9 Å². The zero-order valence-corrected chi connectivity index (χ0v) is 10.1. The van der Waals surface area contributed by atoms with Crippen molar-refractivity contribution in [1.82, 2.24) is 15.0 Å². The third kappa shape index (κ3) is 2.76. The molecule has 0 fully saturated rings. The van der Waals surface area contributed by atoms with Gasteiger partial charge in [-0.3, -0.25) is 0 Å². The minimum absolute atomic E-state index is 0.0332. The number of aliphatic hydroxyl groups is 1. The monoisotopic (exact) mass is 271 g/mol. The summed E-state index contributed by atoms with van der Waals surface area (Å²) in [6.45, 7) is 0.990. The van der Waals surface area contributed by atoms with Gasteiger partial charge in [-0.25, -0.2) is 4.68 Å². The van der Waals surface area contributed by atoms with Crippen molar-refractivity contribution in [2.24, 2.45) is 0 Å². The van der Waals surface area contributed by atoms with Gasteiger partial charge in [-0.05, 0) is 18.1 Å². The lowest BCUT2D eigenvalue weighted by molar-refractivity contribution is -0.145. The SMILES string of the molecule is Cc1ccccc1Cn1nnc(CO)c1C(F)(F)F. The van der Waals surface area contributed by atoms with E-state index in [1.807, 2.05) is 19.1 Å². The highest BCUT2D eigenvalue weighted by Crippen LogP contribution is 2.31. The van der Waals surface area contributed by atoms with E-state index < -0.39 is 24.2 Å². The standard InChI is InChI=1S/C12H12F3N3O/c1-8-4-2-3-5-9(8)6-18-11(12(13,14)15)10(7-19)16-17-18/h2-5,19H,6-7H2,1H3. The lowest BCUT2D eigenvalue weighted by atomic mass is 10.1. The largest absolute Gasteiger partial charge is 0.435 e. The summed E-state index contributed by atoms with van der Waals surface area (Å²) in [5, 5.41) is 15.7. The number of nitrogens with zero attached hydrogens (tertiary/aromatic N) is 3. The summed E-state index contributed by atoms with van der Waals surface area (Å²) in [6, 6.07) is 7.10. The Bertz CT molecular complexity index is 578. The first kappa shape index (κ1) is 13.5. The third-order valence-corrected chi connectivity index (χ3v) is 2.80.